The molecule has 2 heterocycles. The molecule has 0 bridgehead atoms. The third-order valence-electron chi connectivity index (χ3n) is 5.14. The number of allylic oxidation sites excluding steroid dienone is 1. The second-order valence-corrected chi connectivity index (χ2v) is 8.37. The molecule has 0 radical (unpaired) electrons. The van der Waals surface area contributed by atoms with Crippen molar-refractivity contribution in [2.45, 2.75) is 31.8 Å². The van der Waals surface area contributed by atoms with Gasteiger partial charge in [-0.05, 0) is 47.0 Å². The number of hydrogen-bond donors (Lipinski definition) is 2. The van der Waals surface area contributed by atoms with Crippen LogP contribution < -0.4 is 5.32 Å². The van der Waals surface area contributed by atoms with E-state index < -0.39 is 6.29 Å². The molecule has 2 N–H and O–H groups in total. The minimum atomic E-state index is -0.583. The van der Waals surface area contributed by atoms with Crippen LogP contribution in [0.4, 0.5) is 5.69 Å². The van der Waals surface area contributed by atoms with Gasteiger partial charge in [-0.1, -0.05) is 52.3 Å². The zero-order valence-corrected chi connectivity index (χ0v) is 18.9. The van der Waals surface area contributed by atoms with E-state index in [2.05, 4.69) is 26.2 Å². The number of rotatable bonds is 7. The lowest BCUT2D eigenvalue weighted by molar-refractivity contribution is -0.147. The molecular formula is C25H23BrN2O4. The highest BCUT2D eigenvalue weighted by Gasteiger charge is 2.29. The van der Waals surface area contributed by atoms with Crippen LogP contribution in [-0.4, -0.2) is 22.3 Å². The molecule has 0 saturated heterocycles. The molecule has 2 atom stereocenters. The van der Waals surface area contributed by atoms with Gasteiger partial charge in [0.05, 0.1) is 25.1 Å². The lowest BCUT2D eigenvalue weighted by atomic mass is 9.93. The fourth-order valence-corrected chi connectivity index (χ4v) is 3.68. The van der Waals surface area contributed by atoms with E-state index in [1.165, 1.54) is 0 Å². The fourth-order valence-electron chi connectivity index (χ4n) is 3.42. The number of aliphatic hydroxyl groups is 1. The van der Waals surface area contributed by atoms with Gasteiger partial charge in [-0.15, -0.1) is 0 Å². The number of benzene rings is 2. The summed E-state index contributed by atoms with van der Waals surface area (Å²) in [5, 5.41) is 12.0. The van der Waals surface area contributed by atoms with Crippen LogP contribution in [0.15, 0.2) is 89.4 Å². The molecule has 32 heavy (non-hydrogen) atoms. The van der Waals surface area contributed by atoms with Gasteiger partial charge in [0.2, 0.25) is 6.29 Å². The lowest BCUT2D eigenvalue weighted by Crippen LogP contribution is -2.29. The number of amides is 1. The van der Waals surface area contributed by atoms with E-state index in [-0.39, 0.29) is 24.2 Å². The Morgan fingerprint density at radius 2 is 1.88 bits per heavy atom. The second kappa shape index (κ2) is 10.5. The van der Waals surface area contributed by atoms with E-state index in [0.717, 1.165) is 21.2 Å². The van der Waals surface area contributed by atoms with Crippen molar-refractivity contribution in [3.8, 4) is 0 Å². The van der Waals surface area contributed by atoms with E-state index in [0.29, 0.717) is 18.7 Å². The van der Waals surface area contributed by atoms with E-state index in [4.69, 9.17) is 9.47 Å². The second-order valence-electron chi connectivity index (χ2n) is 7.45. The van der Waals surface area contributed by atoms with Crippen LogP contribution in [0, 0.1) is 0 Å². The van der Waals surface area contributed by atoms with E-state index in [1.54, 1.807) is 24.5 Å². The number of nitrogens with one attached hydrogen (secondary N) is 1. The van der Waals surface area contributed by atoms with E-state index >= 15 is 0 Å². The molecule has 1 aromatic heterocycles. The molecular weight excluding hydrogens is 472 g/mol. The highest BCUT2D eigenvalue weighted by Crippen LogP contribution is 2.33. The van der Waals surface area contributed by atoms with Crippen molar-refractivity contribution < 1.29 is 19.4 Å². The molecule has 0 aliphatic carbocycles. The molecule has 6 nitrogen and oxygen atoms in total. The van der Waals surface area contributed by atoms with Crippen molar-refractivity contribution in [2.24, 2.45) is 0 Å². The predicted molar refractivity (Wildman–Crippen MR) is 124 cm³/mol. The van der Waals surface area contributed by atoms with Gasteiger partial charge >= 0.3 is 0 Å². The Morgan fingerprint density at radius 1 is 1.12 bits per heavy atom. The molecule has 164 valence electrons. The third kappa shape index (κ3) is 5.82. The average molecular weight is 495 g/mol. The Bertz CT molecular complexity index is 1070. The number of aromatic nitrogens is 1. The molecule has 1 aliphatic heterocycles. The standard InChI is InChI=1S/C25H23BrN2O4/c26-21-9-7-19(8-10-21)20-12-23(25(30)28-22-2-1-11-27-14-22)32-24(13-20)31-16-18-5-3-17(15-29)4-6-18/h1-12,14,20,24,29H,13,15-16H2,(H,28,30)/t20-,24+/m0/s1. The van der Waals surface area contributed by atoms with Crippen molar-refractivity contribution >= 4 is 27.5 Å². The summed E-state index contributed by atoms with van der Waals surface area (Å²) in [6.07, 6.45) is 5.07. The fraction of sp³-hybridized carbons (Fsp3) is 0.200. The van der Waals surface area contributed by atoms with Crippen LogP contribution in [-0.2, 0) is 27.5 Å². The minimum Gasteiger partial charge on any atom is -0.459 e. The summed E-state index contributed by atoms with van der Waals surface area (Å²) in [5.74, 6) is -0.164. The Morgan fingerprint density at radius 3 is 2.56 bits per heavy atom. The summed E-state index contributed by atoms with van der Waals surface area (Å²) >= 11 is 3.46. The summed E-state index contributed by atoms with van der Waals surface area (Å²) in [5.41, 5.74) is 3.47. The molecule has 7 heteroatoms. The number of aliphatic hydroxyl groups excluding tert-OH is 1. The highest BCUT2D eigenvalue weighted by atomic mass is 79.9. The Hall–Kier alpha value is -3.00. The van der Waals surface area contributed by atoms with Crippen molar-refractivity contribution in [3.05, 3.63) is 106 Å². The quantitative estimate of drug-likeness (QED) is 0.487. The SMILES string of the molecule is O=C(Nc1cccnc1)C1=C[C@H](c2ccc(Br)cc2)C[C@H](OCc2ccc(CO)cc2)O1. The number of halogens is 1. The van der Waals surface area contributed by atoms with Gasteiger partial charge in [0.15, 0.2) is 5.76 Å². The van der Waals surface area contributed by atoms with Gasteiger partial charge in [0, 0.05) is 23.0 Å². The van der Waals surface area contributed by atoms with Gasteiger partial charge in [-0.3, -0.25) is 9.78 Å². The molecule has 0 spiro atoms. The summed E-state index contributed by atoms with van der Waals surface area (Å²) in [4.78, 5) is 16.9. The third-order valence-corrected chi connectivity index (χ3v) is 5.67. The number of anilines is 1. The molecule has 0 fully saturated rings. The first-order valence-electron chi connectivity index (χ1n) is 10.3. The van der Waals surface area contributed by atoms with Crippen LogP contribution >= 0.6 is 15.9 Å². The van der Waals surface area contributed by atoms with E-state index in [1.807, 2.05) is 54.6 Å². The topological polar surface area (TPSA) is 80.7 Å². The Kier molecular flexibility index (Phi) is 7.32. The minimum absolute atomic E-state index is 0.00193. The number of nitrogens with zero attached hydrogens (tertiary/aromatic N) is 1. The Labute approximate surface area is 195 Å². The van der Waals surface area contributed by atoms with Gasteiger partial charge < -0.3 is 19.9 Å². The number of pyridine rings is 1. The van der Waals surface area contributed by atoms with Crippen LogP contribution in [0.5, 0.6) is 0 Å². The molecule has 2 aromatic carbocycles. The normalized spacial score (nSPS) is 17.9. The van der Waals surface area contributed by atoms with Crippen molar-refractivity contribution in [2.75, 3.05) is 5.32 Å². The number of carbonyl (C=O) groups is 1. The smallest absolute Gasteiger partial charge is 0.290 e. The first-order valence-corrected chi connectivity index (χ1v) is 11.1. The van der Waals surface area contributed by atoms with Crippen molar-refractivity contribution in [3.63, 3.8) is 0 Å². The molecule has 4 rings (SSSR count). The van der Waals surface area contributed by atoms with Crippen molar-refractivity contribution in [1.82, 2.24) is 4.98 Å². The first kappa shape index (κ1) is 22.2. The lowest BCUT2D eigenvalue weighted by Gasteiger charge is -2.29. The van der Waals surface area contributed by atoms with Crippen molar-refractivity contribution in [1.29, 1.82) is 0 Å². The molecule has 1 aliphatic rings. The maximum Gasteiger partial charge on any atom is 0.290 e. The molecule has 0 unspecified atom stereocenters. The summed E-state index contributed by atoms with van der Waals surface area (Å²) < 4.78 is 12.9. The first-order chi connectivity index (χ1) is 15.6. The predicted octanol–water partition coefficient (Wildman–Crippen LogP) is 4.91. The summed E-state index contributed by atoms with van der Waals surface area (Å²) in [7, 11) is 0. The zero-order chi connectivity index (χ0) is 22.3. The summed E-state index contributed by atoms with van der Waals surface area (Å²) in [6, 6.07) is 19.1. The van der Waals surface area contributed by atoms with Crippen LogP contribution in [0.25, 0.3) is 0 Å². The van der Waals surface area contributed by atoms with Gasteiger partial charge in [-0.25, -0.2) is 0 Å². The van der Waals surface area contributed by atoms with Gasteiger partial charge in [0.1, 0.15) is 0 Å². The van der Waals surface area contributed by atoms with Crippen LogP contribution in [0.2, 0.25) is 0 Å². The zero-order valence-electron chi connectivity index (χ0n) is 17.3. The van der Waals surface area contributed by atoms with Crippen LogP contribution in [0.1, 0.15) is 29.0 Å². The number of ether oxygens (including phenoxy) is 2. The monoisotopic (exact) mass is 494 g/mol. The maximum atomic E-state index is 12.9. The Balaban J connectivity index is 1.50. The van der Waals surface area contributed by atoms with Gasteiger partial charge in [-0.2, -0.15) is 0 Å². The highest BCUT2D eigenvalue weighted by molar-refractivity contribution is 9.10. The van der Waals surface area contributed by atoms with E-state index in [9.17, 15) is 9.90 Å². The molecule has 0 saturated carbocycles. The summed E-state index contributed by atoms with van der Waals surface area (Å²) in [6.45, 7) is 0.336. The van der Waals surface area contributed by atoms with Crippen LogP contribution in [0.3, 0.4) is 0 Å². The largest absolute Gasteiger partial charge is 0.459 e. The molecule has 1 amide bonds. The average Bonchev–Trinajstić information content (AvgIpc) is 2.84. The molecule has 3 aromatic rings. The maximum absolute atomic E-state index is 12.9. The number of carbonyl (C=O) groups excluding carboxylic acids is 1. The number of hydrogen-bond acceptors (Lipinski definition) is 5. The van der Waals surface area contributed by atoms with Gasteiger partial charge in [0.25, 0.3) is 5.91 Å².